The highest BCUT2D eigenvalue weighted by molar-refractivity contribution is 6.26. The number of hydrogen-bond acceptors (Lipinski definition) is 2. The van der Waals surface area contributed by atoms with Crippen LogP contribution in [0.4, 0.5) is 11.4 Å². The lowest BCUT2D eigenvalue weighted by Gasteiger charge is -2.18. The van der Waals surface area contributed by atoms with E-state index in [9.17, 15) is 9.59 Å². The zero-order valence-electron chi connectivity index (χ0n) is 14.2. The maximum atomic E-state index is 12.7. The number of carbonyl (C=O) groups excluding carboxylic acids is 2. The molecule has 4 heteroatoms. The van der Waals surface area contributed by atoms with Gasteiger partial charge < -0.3 is 5.32 Å². The van der Waals surface area contributed by atoms with Gasteiger partial charge in [0, 0.05) is 16.6 Å². The first-order valence-corrected chi connectivity index (χ1v) is 8.26. The fourth-order valence-electron chi connectivity index (χ4n) is 3.47. The van der Waals surface area contributed by atoms with Crippen LogP contribution in [-0.4, -0.2) is 18.4 Å². The molecule has 0 radical (unpaired) electrons. The van der Waals surface area contributed by atoms with E-state index in [1.165, 1.54) is 0 Å². The number of anilines is 2. The van der Waals surface area contributed by atoms with Gasteiger partial charge in [0.25, 0.3) is 5.91 Å². The van der Waals surface area contributed by atoms with Crippen LogP contribution in [0.1, 0.15) is 21.5 Å². The molecule has 0 spiro atoms. The Morgan fingerprint density at radius 2 is 1.60 bits per heavy atom. The van der Waals surface area contributed by atoms with Crippen LogP contribution in [-0.2, 0) is 4.79 Å². The van der Waals surface area contributed by atoms with Crippen LogP contribution in [0.25, 0.3) is 10.8 Å². The van der Waals surface area contributed by atoms with E-state index in [0.717, 1.165) is 33.3 Å². The molecule has 0 bridgehead atoms. The average Bonchev–Trinajstić information content (AvgIpc) is 2.87. The molecule has 1 aliphatic heterocycles. The topological polar surface area (TPSA) is 49.4 Å². The average molecular weight is 330 g/mol. The minimum Gasteiger partial charge on any atom is -0.324 e. The second-order valence-electron chi connectivity index (χ2n) is 6.39. The Morgan fingerprint density at radius 1 is 0.960 bits per heavy atom. The molecule has 3 aromatic rings. The summed E-state index contributed by atoms with van der Waals surface area (Å²) in [5, 5.41) is 4.89. The Kier molecular flexibility index (Phi) is 3.53. The van der Waals surface area contributed by atoms with Crippen molar-refractivity contribution < 1.29 is 9.59 Å². The Balaban J connectivity index is 1.63. The normalized spacial score (nSPS) is 12.7. The zero-order valence-corrected chi connectivity index (χ0v) is 14.2. The lowest BCUT2D eigenvalue weighted by Crippen LogP contribution is -2.35. The number of para-hydroxylation sites is 1. The second kappa shape index (κ2) is 5.74. The van der Waals surface area contributed by atoms with Gasteiger partial charge in [0.15, 0.2) is 0 Å². The van der Waals surface area contributed by atoms with E-state index in [0.29, 0.717) is 5.56 Å². The standard InChI is InChI=1S/C21H18N2O2/c1-13-6-3-7-14(2)20(13)22-18(24)12-23-17-11-5-9-15-8-4-10-16(19(15)17)21(23)25/h3-11H,12H2,1-2H3,(H,22,24). The summed E-state index contributed by atoms with van der Waals surface area (Å²) >= 11 is 0. The number of nitrogens with one attached hydrogen (secondary N) is 1. The Labute approximate surface area is 146 Å². The molecule has 0 saturated carbocycles. The van der Waals surface area contributed by atoms with Crippen LogP contribution in [0, 0.1) is 13.8 Å². The summed E-state index contributed by atoms with van der Waals surface area (Å²) < 4.78 is 0. The number of rotatable bonds is 3. The molecule has 4 rings (SSSR count). The minimum atomic E-state index is -0.199. The third-order valence-electron chi connectivity index (χ3n) is 4.70. The van der Waals surface area contributed by atoms with Gasteiger partial charge in [-0.1, -0.05) is 42.5 Å². The predicted molar refractivity (Wildman–Crippen MR) is 100 cm³/mol. The summed E-state index contributed by atoms with van der Waals surface area (Å²) in [6, 6.07) is 17.3. The van der Waals surface area contributed by atoms with E-state index in [1.54, 1.807) is 4.90 Å². The molecular weight excluding hydrogens is 312 g/mol. The molecule has 0 fully saturated rings. The number of benzene rings is 3. The fourth-order valence-corrected chi connectivity index (χ4v) is 3.47. The maximum Gasteiger partial charge on any atom is 0.259 e. The molecule has 4 nitrogen and oxygen atoms in total. The molecule has 0 atom stereocenters. The number of hydrogen-bond donors (Lipinski definition) is 1. The highest BCUT2D eigenvalue weighted by atomic mass is 16.2. The van der Waals surface area contributed by atoms with Gasteiger partial charge in [-0.2, -0.15) is 0 Å². The molecular formula is C21H18N2O2. The van der Waals surface area contributed by atoms with Crippen molar-refractivity contribution in [3.63, 3.8) is 0 Å². The first-order chi connectivity index (χ1) is 12.1. The van der Waals surface area contributed by atoms with E-state index in [-0.39, 0.29) is 18.4 Å². The Morgan fingerprint density at radius 3 is 2.32 bits per heavy atom. The zero-order chi connectivity index (χ0) is 17.6. The second-order valence-corrected chi connectivity index (χ2v) is 6.39. The molecule has 0 aromatic heterocycles. The van der Waals surface area contributed by atoms with Crippen molar-refractivity contribution in [3.05, 3.63) is 71.3 Å². The van der Waals surface area contributed by atoms with Gasteiger partial charge in [0.05, 0.1) is 5.69 Å². The van der Waals surface area contributed by atoms with Crippen molar-refractivity contribution in [1.82, 2.24) is 0 Å². The van der Waals surface area contributed by atoms with Gasteiger partial charge in [-0.25, -0.2) is 0 Å². The van der Waals surface area contributed by atoms with Crippen LogP contribution in [0.2, 0.25) is 0 Å². The summed E-state index contributed by atoms with van der Waals surface area (Å²) in [7, 11) is 0. The van der Waals surface area contributed by atoms with Crippen molar-refractivity contribution in [1.29, 1.82) is 0 Å². The first kappa shape index (κ1) is 15.4. The van der Waals surface area contributed by atoms with E-state index >= 15 is 0 Å². The molecule has 0 aliphatic carbocycles. The van der Waals surface area contributed by atoms with Crippen molar-refractivity contribution in [2.24, 2.45) is 0 Å². The Bertz CT molecular complexity index is 998. The number of amides is 2. The monoisotopic (exact) mass is 330 g/mol. The molecule has 1 aliphatic rings. The van der Waals surface area contributed by atoms with Gasteiger partial charge in [-0.05, 0) is 42.5 Å². The van der Waals surface area contributed by atoms with Crippen LogP contribution >= 0.6 is 0 Å². The molecule has 1 heterocycles. The third-order valence-corrected chi connectivity index (χ3v) is 4.70. The van der Waals surface area contributed by atoms with Crippen LogP contribution in [0.3, 0.4) is 0 Å². The number of carbonyl (C=O) groups is 2. The van der Waals surface area contributed by atoms with Crippen molar-refractivity contribution >= 4 is 34.0 Å². The molecule has 25 heavy (non-hydrogen) atoms. The quantitative estimate of drug-likeness (QED) is 0.787. The number of nitrogens with zero attached hydrogens (tertiary/aromatic N) is 1. The van der Waals surface area contributed by atoms with Crippen molar-refractivity contribution in [2.75, 3.05) is 16.8 Å². The lowest BCUT2D eigenvalue weighted by atomic mass is 10.1. The van der Waals surface area contributed by atoms with Crippen LogP contribution < -0.4 is 10.2 Å². The SMILES string of the molecule is Cc1cccc(C)c1NC(=O)CN1C(=O)c2cccc3cccc1c23. The van der Waals surface area contributed by atoms with Crippen molar-refractivity contribution in [3.8, 4) is 0 Å². The summed E-state index contributed by atoms with van der Waals surface area (Å²) in [5.41, 5.74) is 4.29. The fraction of sp³-hybridized carbons (Fsp3) is 0.143. The molecule has 124 valence electrons. The summed E-state index contributed by atoms with van der Waals surface area (Å²) in [6.07, 6.45) is 0. The molecule has 0 saturated heterocycles. The molecule has 0 unspecified atom stereocenters. The van der Waals surface area contributed by atoms with Gasteiger partial charge in [0.1, 0.15) is 6.54 Å². The highest BCUT2D eigenvalue weighted by Crippen LogP contribution is 2.37. The van der Waals surface area contributed by atoms with E-state index in [4.69, 9.17) is 0 Å². The molecule has 1 N–H and O–H groups in total. The summed E-state index contributed by atoms with van der Waals surface area (Å²) in [4.78, 5) is 26.9. The smallest absolute Gasteiger partial charge is 0.259 e. The van der Waals surface area contributed by atoms with Crippen molar-refractivity contribution in [2.45, 2.75) is 13.8 Å². The van der Waals surface area contributed by atoms with E-state index in [2.05, 4.69) is 5.32 Å². The minimum absolute atomic E-state index is 0.000398. The molecule has 2 amide bonds. The van der Waals surface area contributed by atoms with Gasteiger partial charge in [-0.15, -0.1) is 0 Å². The number of aryl methyl sites for hydroxylation is 2. The van der Waals surface area contributed by atoms with Crippen LogP contribution in [0.15, 0.2) is 54.6 Å². The van der Waals surface area contributed by atoms with E-state index in [1.807, 2.05) is 68.4 Å². The van der Waals surface area contributed by atoms with Gasteiger partial charge in [-0.3, -0.25) is 14.5 Å². The third kappa shape index (κ3) is 2.47. The summed E-state index contributed by atoms with van der Waals surface area (Å²) in [6.45, 7) is 3.92. The predicted octanol–water partition coefficient (Wildman–Crippen LogP) is 4.06. The van der Waals surface area contributed by atoms with Gasteiger partial charge >= 0.3 is 0 Å². The largest absolute Gasteiger partial charge is 0.324 e. The molecule has 3 aromatic carbocycles. The maximum absolute atomic E-state index is 12.7. The lowest BCUT2D eigenvalue weighted by molar-refractivity contribution is -0.114. The first-order valence-electron chi connectivity index (χ1n) is 8.26. The van der Waals surface area contributed by atoms with Gasteiger partial charge in [0.2, 0.25) is 5.91 Å². The summed E-state index contributed by atoms with van der Waals surface area (Å²) in [5.74, 6) is -0.320. The van der Waals surface area contributed by atoms with E-state index < -0.39 is 0 Å². The highest BCUT2D eigenvalue weighted by Gasteiger charge is 2.30. The Hall–Kier alpha value is -3.14. The van der Waals surface area contributed by atoms with Crippen LogP contribution in [0.5, 0.6) is 0 Å².